The molecule has 0 bridgehead atoms. The van der Waals surface area contributed by atoms with Crippen LogP contribution in [-0.2, 0) is 4.79 Å². The smallest absolute Gasteiger partial charge is 0.255 e. The lowest BCUT2D eigenvalue weighted by molar-refractivity contribution is -0.130. The van der Waals surface area contributed by atoms with E-state index in [-0.39, 0.29) is 17.7 Å². The molecular formula is C25H31N3O3. The van der Waals surface area contributed by atoms with E-state index in [0.29, 0.717) is 30.6 Å². The molecule has 2 aliphatic rings. The van der Waals surface area contributed by atoms with E-state index in [1.165, 1.54) is 0 Å². The SMILES string of the molecule is CC(=O)N1CCC([C@@H]2CN(C(=O)c3cccnc3C)C[C@H]2COc2ccccc2)CC1. The number of pyridine rings is 1. The first-order valence-corrected chi connectivity index (χ1v) is 11.2. The lowest BCUT2D eigenvalue weighted by Crippen LogP contribution is -2.40. The van der Waals surface area contributed by atoms with E-state index < -0.39 is 0 Å². The van der Waals surface area contributed by atoms with Crippen molar-refractivity contribution in [3.63, 3.8) is 0 Å². The van der Waals surface area contributed by atoms with Crippen molar-refractivity contribution in [2.75, 3.05) is 32.8 Å². The normalized spacial score (nSPS) is 21.9. The van der Waals surface area contributed by atoms with Gasteiger partial charge in [-0.25, -0.2) is 0 Å². The lowest BCUT2D eigenvalue weighted by atomic mass is 9.78. The number of hydrogen-bond donors (Lipinski definition) is 0. The first-order valence-electron chi connectivity index (χ1n) is 11.2. The van der Waals surface area contributed by atoms with Gasteiger partial charge in [-0.1, -0.05) is 18.2 Å². The quantitative estimate of drug-likeness (QED) is 0.742. The third-order valence-electron chi connectivity index (χ3n) is 6.81. The van der Waals surface area contributed by atoms with E-state index in [4.69, 9.17) is 4.74 Å². The molecule has 1 aromatic heterocycles. The number of piperidine rings is 1. The molecule has 0 radical (unpaired) electrons. The Morgan fingerprint density at radius 3 is 2.45 bits per heavy atom. The number of para-hydroxylation sites is 1. The largest absolute Gasteiger partial charge is 0.493 e. The fourth-order valence-corrected chi connectivity index (χ4v) is 5.02. The summed E-state index contributed by atoms with van der Waals surface area (Å²) in [5, 5.41) is 0. The number of hydrogen-bond acceptors (Lipinski definition) is 4. The molecule has 2 aliphatic heterocycles. The summed E-state index contributed by atoms with van der Waals surface area (Å²) in [7, 11) is 0. The average molecular weight is 422 g/mol. The number of likely N-dealkylation sites (tertiary alicyclic amines) is 2. The first kappa shape index (κ1) is 21.3. The molecule has 0 spiro atoms. The number of amides is 2. The van der Waals surface area contributed by atoms with E-state index in [0.717, 1.165) is 43.9 Å². The second kappa shape index (κ2) is 9.50. The number of nitrogens with zero attached hydrogens (tertiary/aromatic N) is 3. The van der Waals surface area contributed by atoms with Crippen LogP contribution >= 0.6 is 0 Å². The second-order valence-electron chi connectivity index (χ2n) is 8.74. The summed E-state index contributed by atoms with van der Waals surface area (Å²) in [5.41, 5.74) is 1.44. The molecular weight excluding hydrogens is 390 g/mol. The molecule has 31 heavy (non-hydrogen) atoms. The van der Waals surface area contributed by atoms with E-state index >= 15 is 0 Å². The molecule has 2 fully saturated rings. The molecule has 6 nitrogen and oxygen atoms in total. The number of rotatable bonds is 5. The Labute approximate surface area is 184 Å². The number of carbonyl (C=O) groups excluding carboxylic acids is 2. The Kier molecular flexibility index (Phi) is 6.54. The van der Waals surface area contributed by atoms with Crippen molar-refractivity contribution >= 4 is 11.8 Å². The molecule has 0 N–H and O–H groups in total. The van der Waals surface area contributed by atoms with Crippen LogP contribution in [0.4, 0.5) is 0 Å². The summed E-state index contributed by atoms with van der Waals surface area (Å²) in [4.78, 5) is 33.2. The number of benzene rings is 1. The molecule has 1 aromatic carbocycles. The molecule has 0 aliphatic carbocycles. The summed E-state index contributed by atoms with van der Waals surface area (Å²) in [6.07, 6.45) is 3.69. The van der Waals surface area contributed by atoms with Gasteiger partial charge in [0.05, 0.1) is 12.2 Å². The van der Waals surface area contributed by atoms with Crippen LogP contribution in [0.2, 0.25) is 0 Å². The van der Waals surface area contributed by atoms with Crippen molar-refractivity contribution in [2.24, 2.45) is 17.8 Å². The van der Waals surface area contributed by atoms with Gasteiger partial charge in [-0.3, -0.25) is 14.6 Å². The highest BCUT2D eigenvalue weighted by atomic mass is 16.5. The van der Waals surface area contributed by atoms with Crippen LogP contribution in [0.25, 0.3) is 0 Å². The molecule has 164 valence electrons. The van der Waals surface area contributed by atoms with Gasteiger partial charge in [-0.2, -0.15) is 0 Å². The predicted octanol–water partition coefficient (Wildman–Crippen LogP) is 3.42. The molecule has 2 amide bonds. The number of carbonyl (C=O) groups is 2. The maximum absolute atomic E-state index is 13.2. The molecule has 3 heterocycles. The monoisotopic (exact) mass is 421 g/mol. The van der Waals surface area contributed by atoms with Gasteiger partial charge in [0.25, 0.3) is 5.91 Å². The Balaban J connectivity index is 1.48. The number of ether oxygens (including phenoxy) is 1. The maximum atomic E-state index is 13.2. The molecule has 0 unspecified atom stereocenters. The van der Waals surface area contributed by atoms with Crippen molar-refractivity contribution < 1.29 is 14.3 Å². The third kappa shape index (κ3) is 4.89. The highest BCUT2D eigenvalue weighted by molar-refractivity contribution is 5.95. The minimum Gasteiger partial charge on any atom is -0.493 e. The second-order valence-corrected chi connectivity index (χ2v) is 8.74. The Morgan fingerprint density at radius 1 is 1.03 bits per heavy atom. The number of aryl methyl sites for hydroxylation is 1. The topological polar surface area (TPSA) is 62.7 Å². The van der Waals surface area contributed by atoms with E-state index in [2.05, 4.69) is 4.98 Å². The van der Waals surface area contributed by atoms with Crippen LogP contribution in [0.3, 0.4) is 0 Å². The zero-order valence-corrected chi connectivity index (χ0v) is 18.4. The molecule has 2 saturated heterocycles. The van der Waals surface area contributed by atoms with Crippen LogP contribution in [0.1, 0.15) is 35.8 Å². The van der Waals surface area contributed by atoms with Gasteiger partial charge in [0.15, 0.2) is 0 Å². The van der Waals surface area contributed by atoms with Crippen molar-refractivity contribution in [3.8, 4) is 5.75 Å². The Morgan fingerprint density at radius 2 is 1.77 bits per heavy atom. The highest BCUT2D eigenvalue weighted by Crippen LogP contribution is 2.37. The van der Waals surface area contributed by atoms with Crippen LogP contribution in [0.15, 0.2) is 48.7 Å². The lowest BCUT2D eigenvalue weighted by Gasteiger charge is -2.36. The Hall–Kier alpha value is -2.89. The zero-order valence-electron chi connectivity index (χ0n) is 18.4. The first-order chi connectivity index (χ1) is 15.0. The van der Waals surface area contributed by atoms with E-state index in [9.17, 15) is 9.59 Å². The third-order valence-corrected chi connectivity index (χ3v) is 6.81. The van der Waals surface area contributed by atoms with Gasteiger partial charge in [-0.05, 0) is 55.9 Å². The number of aromatic nitrogens is 1. The van der Waals surface area contributed by atoms with Gasteiger partial charge in [-0.15, -0.1) is 0 Å². The van der Waals surface area contributed by atoms with Crippen molar-refractivity contribution in [1.82, 2.24) is 14.8 Å². The highest BCUT2D eigenvalue weighted by Gasteiger charge is 2.41. The van der Waals surface area contributed by atoms with Crippen LogP contribution < -0.4 is 4.74 Å². The summed E-state index contributed by atoms with van der Waals surface area (Å²) in [5.74, 6) is 2.21. The summed E-state index contributed by atoms with van der Waals surface area (Å²) >= 11 is 0. The summed E-state index contributed by atoms with van der Waals surface area (Å²) in [6.45, 7) is 7.16. The van der Waals surface area contributed by atoms with Crippen molar-refractivity contribution in [2.45, 2.75) is 26.7 Å². The summed E-state index contributed by atoms with van der Waals surface area (Å²) < 4.78 is 6.11. The summed E-state index contributed by atoms with van der Waals surface area (Å²) in [6, 6.07) is 13.5. The van der Waals surface area contributed by atoms with Gasteiger partial charge >= 0.3 is 0 Å². The molecule has 4 rings (SSSR count). The minimum absolute atomic E-state index is 0.0546. The van der Waals surface area contributed by atoms with Gasteiger partial charge in [0.2, 0.25) is 5.91 Å². The van der Waals surface area contributed by atoms with Crippen molar-refractivity contribution in [1.29, 1.82) is 0 Å². The molecule has 2 aromatic rings. The molecule has 6 heteroatoms. The fourth-order valence-electron chi connectivity index (χ4n) is 5.02. The van der Waals surface area contributed by atoms with E-state index in [1.807, 2.05) is 59.2 Å². The van der Waals surface area contributed by atoms with Gasteiger partial charge < -0.3 is 14.5 Å². The van der Waals surface area contributed by atoms with E-state index in [1.54, 1.807) is 13.1 Å². The molecule has 2 atom stereocenters. The maximum Gasteiger partial charge on any atom is 0.255 e. The van der Waals surface area contributed by atoms with Crippen molar-refractivity contribution in [3.05, 3.63) is 59.9 Å². The van der Waals surface area contributed by atoms with Crippen LogP contribution in [0.5, 0.6) is 5.75 Å². The predicted molar refractivity (Wildman–Crippen MR) is 119 cm³/mol. The average Bonchev–Trinajstić information content (AvgIpc) is 3.22. The van der Waals surface area contributed by atoms with Gasteiger partial charge in [0, 0.05) is 50.9 Å². The van der Waals surface area contributed by atoms with Gasteiger partial charge in [0.1, 0.15) is 5.75 Å². The Bertz CT molecular complexity index is 909. The van der Waals surface area contributed by atoms with Crippen LogP contribution in [0, 0.1) is 24.7 Å². The van der Waals surface area contributed by atoms with Crippen LogP contribution in [-0.4, -0.2) is 59.4 Å². The fraction of sp³-hybridized carbons (Fsp3) is 0.480. The standard InChI is InChI=1S/C25H31N3O3/c1-18-23(9-6-12-26-18)25(30)28-15-21(17-31-22-7-4-3-5-8-22)24(16-28)20-10-13-27(14-11-20)19(2)29/h3-9,12,20-21,24H,10-11,13-17H2,1-2H3/t21-,24-/m0/s1. The minimum atomic E-state index is 0.0546. The molecule has 0 saturated carbocycles. The zero-order chi connectivity index (χ0) is 21.8.